The second kappa shape index (κ2) is 8.79. The molecule has 0 aromatic carbocycles. The Morgan fingerprint density at radius 2 is 2.05 bits per heavy atom. The van der Waals surface area contributed by atoms with E-state index in [9.17, 15) is 4.79 Å². The van der Waals surface area contributed by atoms with Crippen LogP contribution < -0.4 is 11.1 Å². The van der Waals surface area contributed by atoms with Crippen LogP contribution in [0.5, 0.6) is 0 Å². The first-order valence-corrected chi connectivity index (χ1v) is 8.32. The SMILES string of the molecule is CSCC[C@H](N)C(=O)NC(C)C(C)N1CCOCC1. The molecule has 0 bridgehead atoms. The van der Waals surface area contributed by atoms with Crippen LogP contribution in [-0.2, 0) is 9.53 Å². The summed E-state index contributed by atoms with van der Waals surface area (Å²) in [5.41, 5.74) is 5.87. The van der Waals surface area contributed by atoms with Gasteiger partial charge in [-0.2, -0.15) is 11.8 Å². The Morgan fingerprint density at radius 3 is 2.63 bits per heavy atom. The van der Waals surface area contributed by atoms with Gasteiger partial charge in [0, 0.05) is 25.2 Å². The minimum absolute atomic E-state index is 0.0401. The minimum Gasteiger partial charge on any atom is -0.379 e. The smallest absolute Gasteiger partial charge is 0.237 e. The van der Waals surface area contributed by atoms with Crippen LogP contribution in [0, 0.1) is 0 Å². The zero-order chi connectivity index (χ0) is 14.3. The predicted molar refractivity (Wildman–Crippen MR) is 80.4 cm³/mol. The molecule has 112 valence electrons. The van der Waals surface area contributed by atoms with Gasteiger partial charge in [0.1, 0.15) is 0 Å². The number of morpholine rings is 1. The molecule has 1 fully saturated rings. The summed E-state index contributed by atoms with van der Waals surface area (Å²) in [5, 5.41) is 3.03. The number of hydrogen-bond donors (Lipinski definition) is 2. The number of thioether (sulfide) groups is 1. The molecule has 0 aromatic rings. The maximum absolute atomic E-state index is 12.0. The van der Waals surface area contributed by atoms with Gasteiger partial charge in [-0.1, -0.05) is 0 Å². The number of nitrogens with one attached hydrogen (secondary N) is 1. The lowest BCUT2D eigenvalue weighted by Crippen LogP contribution is -2.54. The van der Waals surface area contributed by atoms with Crippen molar-refractivity contribution in [3.05, 3.63) is 0 Å². The second-order valence-electron chi connectivity index (χ2n) is 5.07. The summed E-state index contributed by atoms with van der Waals surface area (Å²) >= 11 is 1.71. The molecule has 5 nitrogen and oxygen atoms in total. The van der Waals surface area contributed by atoms with Gasteiger partial charge in [-0.25, -0.2) is 0 Å². The van der Waals surface area contributed by atoms with Crippen molar-refractivity contribution >= 4 is 17.7 Å². The van der Waals surface area contributed by atoms with E-state index in [2.05, 4.69) is 17.1 Å². The van der Waals surface area contributed by atoms with E-state index in [1.807, 2.05) is 13.2 Å². The van der Waals surface area contributed by atoms with Gasteiger partial charge in [-0.05, 0) is 32.3 Å². The molecule has 1 rings (SSSR count). The largest absolute Gasteiger partial charge is 0.379 e. The summed E-state index contributed by atoms with van der Waals surface area (Å²) in [5.74, 6) is 0.879. The molecule has 6 heteroatoms. The van der Waals surface area contributed by atoms with Gasteiger partial charge >= 0.3 is 0 Å². The topological polar surface area (TPSA) is 67.6 Å². The molecule has 1 heterocycles. The van der Waals surface area contributed by atoms with E-state index in [1.54, 1.807) is 11.8 Å². The molecule has 0 aromatic heterocycles. The van der Waals surface area contributed by atoms with Crippen LogP contribution in [0.1, 0.15) is 20.3 Å². The third kappa shape index (κ3) is 5.69. The molecule has 1 aliphatic rings. The molecule has 19 heavy (non-hydrogen) atoms. The fraction of sp³-hybridized carbons (Fsp3) is 0.923. The Kier molecular flexibility index (Phi) is 7.75. The maximum Gasteiger partial charge on any atom is 0.237 e. The molecule has 1 aliphatic heterocycles. The van der Waals surface area contributed by atoms with Crippen LogP contribution >= 0.6 is 11.8 Å². The zero-order valence-corrected chi connectivity index (χ0v) is 13.0. The number of carbonyl (C=O) groups is 1. The van der Waals surface area contributed by atoms with Gasteiger partial charge in [-0.15, -0.1) is 0 Å². The van der Waals surface area contributed by atoms with Crippen LogP contribution in [0.2, 0.25) is 0 Å². The lowest BCUT2D eigenvalue weighted by Gasteiger charge is -2.36. The van der Waals surface area contributed by atoms with Gasteiger partial charge in [0.25, 0.3) is 0 Å². The van der Waals surface area contributed by atoms with Crippen molar-refractivity contribution in [1.29, 1.82) is 0 Å². The Balaban J connectivity index is 2.35. The Labute approximate surface area is 120 Å². The molecule has 3 atom stereocenters. The highest BCUT2D eigenvalue weighted by molar-refractivity contribution is 7.98. The summed E-state index contributed by atoms with van der Waals surface area (Å²) in [6.07, 6.45) is 2.75. The first kappa shape index (κ1) is 16.8. The molecular formula is C13H27N3O2S. The molecular weight excluding hydrogens is 262 g/mol. The van der Waals surface area contributed by atoms with Crippen LogP contribution in [0.15, 0.2) is 0 Å². The van der Waals surface area contributed by atoms with Gasteiger partial charge < -0.3 is 15.8 Å². The highest BCUT2D eigenvalue weighted by Gasteiger charge is 2.24. The normalized spacial score (nSPS) is 21.7. The van der Waals surface area contributed by atoms with Crippen LogP contribution in [0.3, 0.4) is 0 Å². The van der Waals surface area contributed by atoms with Crippen molar-refractivity contribution < 1.29 is 9.53 Å². The third-order valence-corrected chi connectivity index (χ3v) is 4.33. The number of hydrogen-bond acceptors (Lipinski definition) is 5. The van der Waals surface area contributed by atoms with E-state index in [1.165, 1.54) is 0 Å². The standard InChI is InChI=1S/C13H27N3O2S/c1-10(11(2)16-5-7-18-8-6-16)15-13(17)12(14)4-9-19-3/h10-12H,4-9,14H2,1-3H3,(H,15,17)/t10?,11?,12-/m0/s1. The summed E-state index contributed by atoms with van der Waals surface area (Å²) in [4.78, 5) is 14.3. The number of rotatable bonds is 7. The number of ether oxygens (including phenoxy) is 1. The number of nitrogens with two attached hydrogens (primary N) is 1. The van der Waals surface area contributed by atoms with E-state index in [0.717, 1.165) is 38.5 Å². The monoisotopic (exact) mass is 289 g/mol. The average Bonchev–Trinajstić information content (AvgIpc) is 2.44. The first-order chi connectivity index (χ1) is 9.06. The molecule has 3 N–H and O–H groups in total. The van der Waals surface area contributed by atoms with Crippen LogP contribution in [0.25, 0.3) is 0 Å². The molecule has 0 saturated carbocycles. The Bertz CT molecular complexity index is 273. The summed E-state index contributed by atoms with van der Waals surface area (Å²) in [7, 11) is 0. The molecule has 1 amide bonds. The maximum atomic E-state index is 12.0. The molecule has 1 saturated heterocycles. The van der Waals surface area contributed by atoms with E-state index in [0.29, 0.717) is 6.04 Å². The van der Waals surface area contributed by atoms with Crippen molar-refractivity contribution in [2.75, 3.05) is 38.3 Å². The summed E-state index contributed by atoms with van der Waals surface area (Å²) in [6.45, 7) is 7.60. The van der Waals surface area contributed by atoms with Crippen molar-refractivity contribution in [2.45, 2.75) is 38.4 Å². The lowest BCUT2D eigenvalue weighted by atomic mass is 10.1. The zero-order valence-electron chi connectivity index (χ0n) is 12.2. The van der Waals surface area contributed by atoms with Crippen LogP contribution in [-0.4, -0.2) is 67.2 Å². The van der Waals surface area contributed by atoms with Gasteiger partial charge in [0.2, 0.25) is 5.91 Å². The Hall–Kier alpha value is -0.300. The second-order valence-corrected chi connectivity index (χ2v) is 6.06. The fourth-order valence-corrected chi connectivity index (χ4v) is 2.62. The highest BCUT2D eigenvalue weighted by atomic mass is 32.2. The van der Waals surface area contributed by atoms with Gasteiger partial charge in [0.05, 0.1) is 19.3 Å². The van der Waals surface area contributed by atoms with Gasteiger partial charge in [0.15, 0.2) is 0 Å². The molecule has 0 spiro atoms. The summed E-state index contributed by atoms with van der Waals surface area (Å²) in [6, 6.07) is 0.0123. The van der Waals surface area contributed by atoms with Crippen molar-refractivity contribution in [3.8, 4) is 0 Å². The van der Waals surface area contributed by atoms with E-state index >= 15 is 0 Å². The number of amides is 1. The molecule has 0 aliphatic carbocycles. The highest BCUT2D eigenvalue weighted by Crippen LogP contribution is 2.08. The number of carbonyl (C=O) groups excluding carboxylic acids is 1. The van der Waals surface area contributed by atoms with Gasteiger partial charge in [-0.3, -0.25) is 9.69 Å². The van der Waals surface area contributed by atoms with Crippen molar-refractivity contribution in [1.82, 2.24) is 10.2 Å². The summed E-state index contributed by atoms with van der Waals surface area (Å²) < 4.78 is 5.34. The number of nitrogens with zero attached hydrogens (tertiary/aromatic N) is 1. The Morgan fingerprint density at radius 1 is 1.42 bits per heavy atom. The average molecular weight is 289 g/mol. The van der Waals surface area contributed by atoms with Crippen LogP contribution in [0.4, 0.5) is 0 Å². The van der Waals surface area contributed by atoms with Crippen molar-refractivity contribution in [2.24, 2.45) is 5.73 Å². The fourth-order valence-electron chi connectivity index (χ4n) is 2.13. The molecule has 2 unspecified atom stereocenters. The minimum atomic E-state index is -0.396. The van der Waals surface area contributed by atoms with E-state index in [4.69, 9.17) is 10.5 Å². The third-order valence-electron chi connectivity index (χ3n) is 3.68. The van der Waals surface area contributed by atoms with Crippen molar-refractivity contribution in [3.63, 3.8) is 0 Å². The quantitative estimate of drug-likeness (QED) is 0.705. The lowest BCUT2D eigenvalue weighted by molar-refractivity contribution is -0.123. The van der Waals surface area contributed by atoms with E-state index in [-0.39, 0.29) is 11.9 Å². The predicted octanol–water partition coefficient (Wildman–Crippen LogP) is 0.292. The molecule has 0 radical (unpaired) electrons. The van der Waals surface area contributed by atoms with E-state index < -0.39 is 6.04 Å². The first-order valence-electron chi connectivity index (χ1n) is 6.93.